The van der Waals surface area contributed by atoms with E-state index >= 15 is 0 Å². The van der Waals surface area contributed by atoms with Crippen LogP contribution in [0.2, 0.25) is 0 Å². The number of aromatic nitrogens is 1. The zero-order valence-electron chi connectivity index (χ0n) is 15.0. The Kier molecular flexibility index (Phi) is 4.38. The lowest BCUT2D eigenvalue weighted by Gasteiger charge is -2.13. The molecular weight excluding hydrogens is 336 g/mol. The third-order valence-corrected chi connectivity index (χ3v) is 4.75. The molecule has 0 saturated carbocycles. The van der Waals surface area contributed by atoms with Gasteiger partial charge >= 0.3 is 0 Å². The number of anilines is 1. The number of phenolic OH excluding ortho intramolecular Hbond substituents is 1. The highest BCUT2D eigenvalue weighted by Crippen LogP contribution is 2.33. The lowest BCUT2D eigenvalue weighted by Crippen LogP contribution is -1.98. The summed E-state index contributed by atoms with van der Waals surface area (Å²) in [5, 5.41) is 13.8. The van der Waals surface area contributed by atoms with Gasteiger partial charge in [0.15, 0.2) is 5.82 Å². The first-order valence-electron chi connectivity index (χ1n) is 8.80. The lowest BCUT2D eigenvalue weighted by molar-refractivity contribution is 0.399. The Bertz CT molecular complexity index is 1070. The number of benzene rings is 3. The molecule has 4 heteroatoms. The van der Waals surface area contributed by atoms with Crippen molar-refractivity contribution >= 4 is 5.82 Å². The Morgan fingerprint density at radius 2 is 1.67 bits per heavy atom. The molecule has 1 aromatic heterocycles. The Morgan fingerprint density at radius 1 is 0.889 bits per heavy atom. The predicted molar refractivity (Wildman–Crippen MR) is 107 cm³/mol. The van der Waals surface area contributed by atoms with E-state index in [1.54, 1.807) is 12.1 Å². The minimum atomic E-state index is 0.242. The predicted octanol–water partition coefficient (Wildman–Crippen LogP) is 5.20. The van der Waals surface area contributed by atoms with Crippen LogP contribution in [0.3, 0.4) is 0 Å². The molecule has 1 heterocycles. The van der Waals surface area contributed by atoms with E-state index in [0.717, 1.165) is 39.1 Å². The van der Waals surface area contributed by atoms with E-state index in [4.69, 9.17) is 10.3 Å². The SMILES string of the molecule is Cc1onc(N)c1Cc1cc(-c2ccccc2)ccc1-c1cccc(O)c1. The van der Waals surface area contributed by atoms with Crippen LogP contribution in [0, 0.1) is 6.92 Å². The molecule has 134 valence electrons. The van der Waals surface area contributed by atoms with Gasteiger partial charge in [-0.15, -0.1) is 0 Å². The lowest BCUT2D eigenvalue weighted by atomic mass is 9.91. The second-order valence-corrected chi connectivity index (χ2v) is 6.57. The average molecular weight is 356 g/mol. The zero-order valence-corrected chi connectivity index (χ0v) is 15.0. The van der Waals surface area contributed by atoms with Crippen LogP contribution in [0.15, 0.2) is 77.3 Å². The molecule has 4 rings (SSSR count). The third-order valence-electron chi connectivity index (χ3n) is 4.75. The average Bonchev–Trinajstić information content (AvgIpc) is 3.01. The molecule has 0 aliphatic heterocycles. The molecule has 0 fully saturated rings. The van der Waals surface area contributed by atoms with Crippen molar-refractivity contribution in [1.29, 1.82) is 0 Å². The summed E-state index contributed by atoms with van der Waals surface area (Å²) < 4.78 is 5.23. The largest absolute Gasteiger partial charge is 0.508 e. The van der Waals surface area contributed by atoms with Gasteiger partial charge in [0, 0.05) is 12.0 Å². The van der Waals surface area contributed by atoms with Gasteiger partial charge in [-0.1, -0.05) is 65.8 Å². The second-order valence-electron chi connectivity index (χ2n) is 6.57. The number of phenols is 1. The molecule has 0 aliphatic carbocycles. The van der Waals surface area contributed by atoms with E-state index in [-0.39, 0.29) is 5.75 Å². The molecule has 4 aromatic rings. The summed E-state index contributed by atoms with van der Waals surface area (Å²) in [4.78, 5) is 0. The van der Waals surface area contributed by atoms with Crippen molar-refractivity contribution in [2.24, 2.45) is 0 Å². The van der Waals surface area contributed by atoms with E-state index in [1.807, 2.05) is 37.3 Å². The summed E-state index contributed by atoms with van der Waals surface area (Å²) in [6.45, 7) is 1.87. The van der Waals surface area contributed by atoms with Crippen molar-refractivity contribution in [2.45, 2.75) is 13.3 Å². The molecule has 4 nitrogen and oxygen atoms in total. The maximum absolute atomic E-state index is 9.90. The smallest absolute Gasteiger partial charge is 0.170 e. The maximum Gasteiger partial charge on any atom is 0.170 e. The topological polar surface area (TPSA) is 72.3 Å². The first kappa shape index (κ1) is 16.9. The van der Waals surface area contributed by atoms with Crippen LogP contribution in [0.4, 0.5) is 5.82 Å². The summed E-state index contributed by atoms with van der Waals surface area (Å²) in [6.07, 6.45) is 0.604. The van der Waals surface area contributed by atoms with E-state index in [2.05, 4.69) is 35.5 Å². The van der Waals surface area contributed by atoms with E-state index in [0.29, 0.717) is 12.2 Å². The number of aromatic hydroxyl groups is 1. The van der Waals surface area contributed by atoms with Crippen molar-refractivity contribution in [3.8, 4) is 28.0 Å². The van der Waals surface area contributed by atoms with Crippen LogP contribution in [0.5, 0.6) is 5.75 Å². The number of hydrogen-bond donors (Lipinski definition) is 2. The maximum atomic E-state index is 9.90. The molecule has 0 bridgehead atoms. The van der Waals surface area contributed by atoms with Crippen molar-refractivity contribution in [3.63, 3.8) is 0 Å². The first-order valence-corrected chi connectivity index (χ1v) is 8.80. The van der Waals surface area contributed by atoms with Gasteiger partial charge in [-0.05, 0) is 46.9 Å². The number of nitrogens with zero attached hydrogens (tertiary/aromatic N) is 1. The molecular formula is C23H20N2O2. The van der Waals surface area contributed by atoms with Crippen molar-refractivity contribution in [1.82, 2.24) is 5.16 Å². The number of nitrogens with two attached hydrogens (primary N) is 1. The van der Waals surface area contributed by atoms with Crippen LogP contribution in [0.25, 0.3) is 22.3 Å². The highest BCUT2D eigenvalue weighted by molar-refractivity contribution is 5.75. The molecule has 27 heavy (non-hydrogen) atoms. The van der Waals surface area contributed by atoms with Crippen molar-refractivity contribution in [2.75, 3.05) is 5.73 Å². The van der Waals surface area contributed by atoms with Gasteiger partial charge < -0.3 is 15.4 Å². The monoisotopic (exact) mass is 356 g/mol. The van der Waals surface area contributed by atoms with Gasteiger partial charge in [-0.25, -0.2) is 0 Å². The number of aryl methyl sites for hydroxylation is 1. The fraction of sp³-hybridized carbons (Fsp3) is 0.0870. The fourth-order valence-electron chi connectivity index (χ4n) is 3.32. The Morgan fingerprint density at radius 3 is 2.37 bits per heavy atom. The van der Waals surface area contributed by atoms with Crippen molar-refractivity contribution < 1.29 is 9.63 Å². The van der Waals surface area contributed by atoms with Crippen LogP contribution < -0.4 is 5.73 Å². The molecule has 3 aromatic carbocycles. The van der Waals surface area contributed by atoms with Crippen LogP contribution >= 0.6 is 0 Å². The third kappa shape index (κ3) is 3.42. The Hall–Kier alpha value is -3.53. The van der Waals surface area contributed by atoms with Crippen LogP contribution in [0.1, 0.15) is 16.9 Å². The summed E-state index contributed by atoms with van der Waals surface area (Å²) in [6, 6.07) is 23.9. The molecule has 0 radical (unpaired) electrons. The van der Waals surface area contributed by atoms with E-state index in [1.165, 1.54) is 0 Å². The molecule has 0 spiro atoms. The summed E-state index contributed by atoms with van der Waals surface area (Å²) in [5.74, 6) is 1.38. The molecule has 0 saturated heterocycles. The van der Waals surface area contributed by atoms with Crippen LogP contribution in [-0.2, 0) is 6.42 Å². The fourth-order valence-corrected chi connectivity index (χ4v) is 3.32. The molecule has 0 aliphatic rings. The van der Waals surface area contributed by atoms with Gasteiger partial charge in [0.05, 0.1) is 0 Å². The van der Waals surface area contributed by atoms with Gasteiger partial charge in [0.1, 0.15) is 11.5 Å². The quantitative estimate of drug-likeness (QED) is 0.527. The Balaban J connectivity index is 1.85. The number of rotatable bonds is 4. The molecule has 0 amide bonds. The molecule has 3 N–H and O–H groups in total. The summed E-state index contributed by atoms with van der Waals surface area (Å²) >= 11 is 0. The molecule has 0 atom stereocenters. The minimum Gasteiger partial charge on any atom is -0.508 e. The van der Waals surface area contributed by atoms with Gasteiger partial charge in [0.2, 0.25) is 0 Å². The summed E-state index contributed by atoms with van der Waals surface area (Å²) in [7, 11) is 0. The highest BCUT2D eigenvalue weighted by Gasteiger charge is 2.15. The zero-order chi connectivity index (χ0) is 18.8. The normalized spacial score (nSPS) is 10.9. The Labute approximate surface area is 157 Å². The molecule has 0 unspecified atom stereocenters. The first-order chi connectivity index (χ1) is 13.1. The number of nitrogen functional groups attached to an aromatic ring is 1. The second kappa shape index (κ2) is 7.00. The summed E-state index contributed by atoms with van der Waals surface area (Å²) in [5.41, 5.74) is 12.3. The standard InChI is InChI=1S/C23H20N2O2/c1-15-22(23(24)25-27-15)14-19-12-17(16-6-3-2-4-7-16)10-11-21(19)18-8-5-9-20(26)13-18/h2-13,26H,14H2,1H3,(H2,24,25). The van der Waals surface area contributed by atoms with Gasteiger partial charge in [0.25, 0.3) is 0 Å². The highest BCUT2D eigenvalue weighted by atomic mass is 16.5. The number of hydrogen-bond acceptors (Lipinski definition) is 4. The minimum absolute atomic E-state index is 0.242. The van der Waals surface area contributed by atoms with Gasteiger partial charge in [-0.2, -0.15) is 0 Å². The van der Waals surface area contributed by atoms with Gasteiger partial charge in [-0.3, -0.25) is 0 Å². The van der Waals surface area contributed by atoms with E-state index in [9.17, 15) is 5.11 Å². The van der Waals surface area contributed by atoms with E-state index < -0.39 is 0 Å². The van der Waals surface area contributed by atoms with Crippen LogP contribution in [-0.4, -0.2) is 10.3 Å². The van der Waals surface area contributed by atoms with Crippen molar-refractivity contribution in [3.05, 3.63) is 89.7 Å².